The van der Waals surface area contributed by atoms with Crippen LogP contribution in [0.4, 0.5) is 5.69 Å². The van der Waals surface area contributed by atoms with Crippen molar-refractivity contribution in [2.24, 2.45) is 0 Å². The van der Waals surface area contributed by atoms with Crippen LogP contribution < -0.4 is 4.90 Å². The molecule has 2 aromatic rings. The number of benzene rings is 1. The summed E-state index contributed by atoms with van der Waals surface area (Å²) in [7, 11) is 4.03. The molecule has 72 valence electrons. The van der Waals surface area contributed by atoms with E-state index in [0.717, 1.165) is 16.6 Å². The maximum atomic E-state index is 5.87. The van der Waals surface area contributed by atoms with Gasteiger partial charge in [-0.3, -0.25) is 4.98 Å². The predicted molar refractivity (Wildman–Crippen MR) is 61.1 cm³/mol. The highest BCUT2D eigenvalue weighted by molar-refractivity contribution is 6.31. The maximum absolute atomic E-state index is 5.87. The van der Waals surface area contributed by atoms with Gasteiger partial charge in [-0.25, -0.2) is 0 Å². The number of nitrogens with zero attached hydrogens (tertiary/aromatic N) is 2. The van der Waals surface area contributed by atoms with Crippen LogP contribution in [-0.2, 0) is 0 Å². The summed E-state index contributed by atoms with van der Waals surface area (Å²) in [5.74, 6) is 0. The van der Waals surface area contributed by atoms with Gasteiger partial charge in [-0.05, 0) is 24.3 Å². The Balaban J connectivity index is 2.63. The van der Waals surface area contributed by atoms with Crippen molar-refractivity contribution >= 4 is 28.2 Å². The number of hydrogen-bond donors (Lipinski definition) is 0. The quantitative estimate of drug-likeness (QED) is 0.713. The lowest BCUT2D eigenvalue weighted by Crippen LogP contribution is -2.08. The van der Waals surface area contributed by atoms with E-state index in [2.05, 4.69) is 16.0 Å². The van der Waals surface area contributed by atoms with Gasteiger partial charge in [-0.2, -0.15) is 0 Å². The highest BCUT2D eigenvalue weighted by atomic mass is 35.5. The number of halogens is 1. The van der Waals surface area contributed by atoms with Crippen LogP contribution in [0.25, 0.3) is 10.9 Å². The Morgan fingerprint density at radius 3 is 2.71 bits per heavy atom. The summed E-state index contributed by atoms with van der Waals surface area (Å²) in [6, 6.07) is 8.05. The second kappa shape index (κ2) is 3.46. The standard InChI is InChI=1S/C11H11ClN2/c1-14(2)10-3-4-11-8(6-10)5-9(12)7-13-11/h3-7H,1-2H3. The van der Waals surface area contributed by atoms with Crippen molar-refractivity contribution < 1.29 is 0 Å². The molecule has 0 unspecified atom stereocenters. The molecule has 0 aliphatic heterocycles. The van der Waals surface area contributed by atoms with Gasteiger partial charge in [-0.1, -0.05) is 11.6 Å². The Bertz CT molecular complexity index is 466. The fourth-order valence-electron chi connectivity index (χ4n) is 1.37. The smallest absolute Gasteiger partial charge is 0.0704 e. The van der Waals surface area contributed by atoms with Crippen LogP contribution in [-0.4, -0.2) is 19.1 Å². The zero-order valence-corrected chi connectivity index (χ0v) is 8.92. The lowest BCUT2D eigenvalue weighted by molar-refractivity contribution is 1.13. The summed E-state index contributed by atoms with van der Waals surface area (Å²) in [4.78, 5) is 6.29. The van der Waals surface area contributed by atoms with Crippen molar-refractivity contribution in [1.29, 1.82) is 0 Å². The van der Waals surface area contributed by atoms with Crippen LogP contribution in [0.2, 0.25) is 5.02 Å². The molecule has 1 aromatic carbocycles. The number of hydrogen-bond acceptors (Lipinski definition) is 2. The molecule has 14 heavy (non-hydrogen) atoms. The van der Waals surface area contributed by atoms with Crippen molar-refractivity contribution in [3.05, 3.63) is 35.5 Å². The van der Waals surface area contributed by atoms with Crippen molar-refractivity contribution in [3.63, 3.8) is 0 Å². The first-order valence-corrected chi connectivity index (χ1v) is 4.77. The van der Waals surface area contributed by atoms with Crippen molar-refractivity contribution in [3.8, 4) is 0 Å². The first-order chi connectivity index (χ1) is 6.66. The van der Waals surface area contributed by atoms with Crippen molar-refractivity contribution in [1.82, 2.24) is 4.98 Å². The molecule has 0 atom stereocenters. The lowest BCUT2D eigenvalue weighted by Gasteiger charge is -2.12. The molecule has 2 rings (SSSR count). The third-order valence-corrected chi connectivity index (χ3v) is 2.35. The van der Waals surface area contributed by atoms with Crippen molar-refractivity contribution in [2.75, 3.05) is 19.0 Å². The lowest BCUT2D eigenvalue weighted by atomic mass is 10.2. The molecule has 0 spiro atoms. The third kappa shape index (κ3) is 1.66. The monoisotopic (exact) mass is 206 g/mol. The zero-order chi connectivity index (χ0) is 10.1. The first kappa shape index (κ1) is 9.28. The Morgan fingerprint density at radius 2 is 2.00 bits per heavy atom. The van der Waals surface area contributed by atoms with Gasteiger partial charge in [-0.15, -0.1) is 0 Å². The van der Waals surface area contributed by atoms with E-state index in [1.807, 2.05) is 32.3 Å². The van der Waals surface area contributed by atoms with E-state index in [4.69, 9.17) is 11.6 Å². The average molecular weight is 207 g/mol. The molecule has 0 bridgehead atoms. The fourth-order valence-corrected chi connectivity index (χ4v) is 1.54. The van der Waals surface area contributed by atoms with E-state index in [-0.39, 0.29) is 0 Å². The number of aromatic nitrogens is 1. The normalized spacial score (nSPS) is 10.5. The van der Waals surface area contributed by atoms with Gasteiger partial charge < -0.3 is 4.90 Å². The second-order valence-electron chi connectivity index (χ2n) is 3.42. The van der Waals surface area contributed by atoms with E-state index in [9.17, 15) is 0 Å². The molecule has 0 fully saturated rings. The molecule has 0 N–H and O–H groups in total. The third-order valence-electron chi connectivity index (χ3n) is 2.15. The molecule has 1 heterocycles. The molecule has 0 aliphatic carbocycles. The van der Waals surface area contributed by atoms with Crippen LogP contribution in [0.1, 0.15) is 0 Å². The topological polar surface area (TPSA) is 16.1 Å². The second-order valence-corrected chi connectivity index (χ2v) is 3.86. The summed E-state index contributed by atoms with van der Waals surface area (Å²) < 4.78 is 0. The molecule has 0 saturated carbocycles. The molecule has 3 heteroatoms. The van der Waals surface area contributed by atoms with Gasteiger partial charge in [0.05, 0.1) is 10.5 Å². The van der Waals surface area contributed by atoms with E-state index in [1.54, 1.807) is 6.20 Å². The SMILES string of the molecule is CN(C)c1ccc2ncc(Cl)cc2c1. The molecule has 1 aromatic heterocycles. The summed E-state index contributed by atoms with van der Waals surface area (Å²) in [5, 5.41) is 1.75. The molecular formula is C11H11ClN2. The van der Waals surface area contributed by atoms with Gasteiger partial charge in [0, 0.05) is 31.4 Å². The Hall–Kier alpha value is -1.28. The van der Waals surface area contributed by atoms with Crippen LogP contribution >= 0.6 is 11.6 Å². The number of pyridine rings is 1. The van der Waals surface area contributed by atoms with Gasteiger partial charge in [0.25, 0.3) is 0 Å². The van der Waals surface area contributed by atoms with E-state index in [1.165, 1.54) is 0 Å². The molecule has 0 amide bonds. The van der Waals surface area contributed by atoms with Gasteiger partial charge >= 0.3 is 0 Å². The van der Waals surface area contributed by atoms with E-state index in [0.29, 0.717) is 5.02 Å². The van der Waals surface area contributed by atoms with Crippen LogP contribution in [0.15, 0.2) is 30.5 Å². The van der Waals surface area contributed by atoms with Crippen LogP contribution in [0, 0.1) is 0 Å². The van der Waals surface area contributed by atoms with Gasteiger partial charge in [0.15, 0.2) is 0 Å². The van der Waals surface area contributed by atoms with Gasteiger partial charge in [0.1, 0.15) is 0 Å². The summed E-state index contributed by atoms with van der Waals surface area (Å²) in [6.07, 6.45) is 1.67. The minimum Gasteiger partial charge on any atom is -0.378 e. The molecule has 0 aliphatic rings. The summed E-state index contributed by atoms with van der Waals surface area (Å²) >= 11 is 5.87. The minimum absolute atomic E-state index is 0.674. The number of anilines is 1. The van der Waals surface area contributed by atoms with Gasteiger partial charge in [0.2, 0.25) is 0 Å². The Morgan fingerprint density at radius 1 is 1.21 bits per heavy atom. The summed E-state index contributed by atoms with van der Waals surface area (Å²) in [6.45, 7) is 0. The number of fused-ring (bicyclic) bond motifs is 1. The van der Waals surface area contributed by atoms with Crippen LogP contribution in [0.5, 0.6) is 0 Å². The van der Waals surface area contributed by atoms with E-state index >= 15 is 0 Å². The molecule has 2 nitrogen and oxygen atoms in total. The van der Waals surface area contributed by atoms with E-state index < -0.39 is 0 Å². The van der Waals surface area contributed by atoms with Crippen LogP contribution in [0.3, 0.4) is 0 Å². The minimum atomic E-state index is 0.674. The molecule has 0 saturated heterocycles. The first-order valence-electron chi connectivity index (χ1n) is 4.39. The highest BCUT2D eigenvalue weighted by Crippen LogP contribution is 2.21. The van der Waals surface area contributed by atoms with Crippen molar-refractivity contribution in [2.45, 2.75) is 0 Å². The Kier molecular flexibility index (Phi) is 2.30. The Labute approximate surface area is 88.1 Å². The average Bonchev–Trinajstić information content (AvgIpc) is 2.16. The molecular weight excluding hydrogens is 196 g/mol. The highest BCUT2D eigenvalue weighted by Gasteiger charge is 1.99. The largest absolute Gasteiger partial charge is 0.378 e. The molecule has 0 radical (unpaired) electrons. The summed E-state index contributed by atoms with van der Waals surface area (Å²) in [5.41, 5.74) is 2.13. The predicted octanol–water partition coefficient (Wildman–Crippen LogP) is 2.95. The fraction of sp³-hybridized carbons (Fsp3) is 0.182. The zero-order valence-electron chi connectivity index (χ0n) is 8.16. The number of rotatable bonds is 1. The maximum Gasteiger partial charge on any atom is 0.0704 e.